The van der Waals surface area contributed by atoms with E-state index in [1.54, 1.807) is 6.19 Å². The molecular weight excluding hydrogens is 239 g/mol. The van der Waals surface area contributed by atoms with Gasteiger partial charge in [0.1, 0.15) is 12.4 Å². The monoisotopic (exact) mass is 248 g/mol. The van der Waals surface area contributed by atoms with Gasteiger partial charge in [-0.2, -0.15) is 5.26 Å². The molecule has 0 aromatic carbocycles. The third-order valence-corrected chi connectivity index (χ3v) is 2.59. The number of rotatable bonds is 0. The molecule has 1 aromatic rings. The molecule has 1 aliphatic heterocycles. The van der Waals surface area contributed by atoms with Gasteiger partial charge >= 0.3 is 0 Å². The van der Waals surface area contributed by atoms with E-state index in [9.17, 15) is 9.18 Å². The first kappa shape index (κ1) is 11.8. The van der Waals surface area contributed by atoms with E-state index in [2.05, 4.69) is 4.98 Å². The number of fused-ring (bicyclic) bond motifs is 1. The molecule has 1 amide bonds. The molecule has 0 spiro atoms. The maximum absolute atomic E-state index is 13.7. The van der Waals surface area contributed by atoms with E-state index in [1.165, 1.54) is 11.1 Å². The second-order valence-electron chi connectivity index (χ2n) is 3.69. The van der Waals surface area contributed by atoms with Crippen LogP contribution in [0.3, 0.4) is 0 Å². The van der Waals surface area contributed by atoms with Crippen molar-refractivity contribution < 1.29 is 9.18 Å². The molecule has 8 heteroatoms. The van der Waals surface area contributed by atoms with Crippen LogP contribution in [0.2, 0.25) is 0 Å². The van der Waals surface area contributed by atoms with Crippen LogP contribution >= 0.6 is 0 Å². The highest BCUT2D eigenvalue weighted by molar-refractivity contribution is 6.00. The zero-order valence-electron chi connectivity index (χ0n) is 9.22. The lowest BCUT2D eigenvalue weighted by Crippen LogP contribution is -2.41. The summed E-state index contributed by atoms with van der Waals surface area (Å²) in [6, 6.07) is 0. The fourth-order valence-electron chi connectivity index (χ4n) is 1.70. The first-order valence-corrected chi connectivity index (χ1v) is 4.98. The van der Waals surface area contributed by atoms with Crippen LogP contribution < -0.4 is 10.6 Å². The van der Waals surface area contributed by atoms with Gasteiger partial charge in [0.25, 0.3) is 5.91 Å². The number of amides is 1. The van der Waals surface area contributed by atoms with Gasteiger partial charge in [0.05, 0.1) is 24.6 Å². The fourth-order valence-corrected chi connectivity index (χ4v) is 1.70. The zero-order valence-corrected chi connectivity index (χ0v) is 9.22. The number of guanidine groups is 1. The van der Waals surface area contributed by atoms with Gasteiger partial charge < -0.3 is 10.6 Å². The summed E-state index contributed by atoms with van der Waals surface area (Å²) >= 11 is 0. The minimum atomic E-state index is -0.645. The van der Waals surface area contributed by atoms with Gasteiger partial charge in [-0.1, -0.05) is 0 Å². The summed E-state index contributed by atoms with van der Waals surface area (Å²) in [5, 5.41) is 16.3. The second kappa shape index (κ2) is 4.29. The van der Waals surface area contributed by atoms with Gasteiger partial charge in [-0.15, -0.1) is 0 Å². The highest BCUT2D eigenvalue weighted by atomic mass is 19.1. The lowest BCUT2D eigenvalue weighted by molar-refractivity contribution is -0.118. The first-order valence-electron chi connectivity index (χ1n) is 4.98. The van der Waals surface area contributed by atoms with Crippen LogP contribution in [0.15, 0.2) is 12.4 Å². The van der Waals surface area contributed by atoms with Crippen molar-refractivity contribution in [2.75, 3.05) is 11.4 Å². The molecule has 0 fully saturated rings. The number of carbonyl (C=O) groups is 1. The zero-order chi connectivity index (χ0) is 13.3. The number of anilines is 1. The van der Waals surface area contributed by atoms with Gasteiger partial charge in [-0.25, -0.2) is 9.29 Å². The molecule has 1 aliphatic rings. The van der Waals surface area contributed by atoms with E-state index in [-0.39, 0.29) is 30.3 Å². The van der Waals surface area contributed by atoms with Crippen molar-refractivity contribution >= 4 is 17.6 Å². The largest absolute Gasteiger partial charge is 0.370 e. The molecular formula is C10H9FN6O. The summed E-state index contributed by atoms with van der Waals surface area (Å²) in [4.78, 5) is 17.4. The smallest absolute Gasteiger partial charge is 0.259 e. The van der Waals surface area contributed by atoms with E-state index in [0.717, 1.165) is 11.1 Å². The van der Waals surface area contributed by atoms with Crippen molar-refractivity contribution in [1.82, 2.24) is 9.88 Å². The molecule has 2 rings (SSSR count). The van der Waals surface area contributed by atoms with Crippen LogP contribution in [0, 0.1) is 22.7 Å². The molecule has 0 radical (unpaired) electrons. The Balaban J connectivity index is 2.58. The molecule has 18 heavy (non-hydrogen) atoms. The standard InChI is InChI=1S/C10H9FN6O/c11-7-1-15-2-8-6(7)3-16(10(13)14)4-9(18)17(8)5-12/h1-2H,3-4H2,(H3,13,14). The number of halogens is 1. The highest BCUT2D eigenvalue weighted by Crippen LogP contribution is 2.26. The lowest BCUT2D eigenvalue weighted by Gasteiger charge is -2.18. The second-order valence-corrected chi connectivity index (χ2v) is 3.69. The molecule has 0 aliphatic carbocycles. The number of hydrogen-bond acceptors (Lipinski definition) is 4. The maximum Gasteiger partial charge on any atom is 0.259 e. The summed E-state index contributed by atoms with van der Waals surface area (Å²) in [6.07, 6.45) is 3.90. The fraction of sp³-hybridized carbons (Fsp3) is 0.200. The first-order chi connectivity index (χ1) is 8.54. The number of nitriles is 1. The minimum Gasteiger partial charge on any atom is -0.370 e. The van der Waals surface area contributed by atoms with Crippen molar-refractivity contribution in [2.24, 2.45) is 5.73 Å². The number of nitrogens with one attached hydrogen (secondary N) is 1. The Morgan fingerprint density at radius 2 is 2.28 bits per heavy atom. The van der Waals surface area contributed by atoms with Crippen LogP contribution in [0.1, 0.15) is 5.56 Å². The van der Waals surface area contributed by atoms with Gasteiger partial charge in [0.2, 0.25) is 0 Å². The molecule has 2 heterocycles. The van der Waals surface area contributed by atoms with Crippen LogP contribution in [0.25, 0.3) is 0 Å². The quantitative estimate of drug-likeness (QED) is 0.373. The minimum absolute atomic E-state index is 0.0526. The SMILES string of the molecule is N#CN1C(=O)CN(C(=N)N)Cc2c(F)cncc21. The van der Waals surface area contributed by atoms with Gasteiger partial charge in [-0.05, 0) is 0 Å². The summed E-state index contributed by atoms with van der Waals surface area (Å²) in [5.74, 6) is -1.59. The number of aromatic nitrogens is 1. The van der Waals surface area contributed by atoms with E-state index in [1.807, 2.05) is 0 Å². The van der Waals surface area contributed by atoms with Crippen LogP contribution in [-0.2, 0) is 11.3 Å². The van der Waals surface area contributed by atoms with Crippen molar-refractivity contribution in [3.8, 4) is 6.19 Å². The van der Waals surface area contributed by atoms with E-state index >= 15 is 0 Å². The highest BCUT2D eigenvalue weighted by Gasteiger charge is 2.29. The van der Waals surface area contributed by atoms with Crippen LogP contribution in [0.5, 0.6) is 0 Å². The van der Waals surface area contributed by atoms with Crippen molar-refractivity contribution in [2.45, 2.75) is 6.54 Å². The van der Waals surface area contributed by atoms with Gasteiger partial charge in [-0.3, -0.25) is 15.2 Å². The van der Waals surface area contributed by atoms with Crippen LogP contribution in [0.4, 0.5) is 10.1 Å². The lowest BCUT2D eigenvalue weighted by atomic mass is 10.2. The number of nitrogens with zero attached hydrogens (tertiary/aromatic N) is 4. The molecule has 7 nitrogen and oxygen atoms in total. The van der Waals surface area contributed by atoms with E-state index < -0.39 is 11.7 Å². The van der Waals surface area contributed by atoms with E-state index in [0.29, 0.717) is 0 Å². The Bertz CT molecular complexity index is 566. The average Bonchev–Trinajstić information content (AvgIpc) is 2.46. The molecule has 0 saturated heterocycles. The molecule has 1 aromatic heterocycles. The average molecular weight is 248 g/mol. The predicted octanol–water partition coefficient (Wildman–Crippen LogP) is -0.256. The van der Waals surface area contributed by atoms with Crippen molar-refractivity contribution in [3.05, 3.63) is 23.8 Å². The number of nitrogens with two attached hydrogens (primary N) is 1. The molecule has 0 saturated carbocycles. The number of pyridine rings is 1. The van der Waals surface area contributed by atoms with Gasteiger partial charge in [0.15, 0.2) is 12.2 Å². The number of carbonyl (C=O) groups excluding carboxylic acids is 1. The van der Waals surface area contributed by atoms with E-state index in [4.69, 9.17) is 16.4 Å². The van der Waals surface area contributed by atoms with Crippen molar-refractivity contribution in [3.63, 3.8) is 0 Å². The molecule has 0 bridgehead atoms. The predicted molar refractivity (Wildman–Crippen MR) is 59.6 cm³/mol. The third-order valence-electron chi connectivity index (χ3n) is 2.59. The summed E-state index contributed by atoms with van der Waals surface area (Å²) in [6.45, 7) is -0.306. The normalized spacial score (nSPS) is 14.8. The molecule has 0 atom stereocenters. The molecule has 92 valence electrons. The van der Waals surface area contributed by atoms with Crippen LogP contribution in [-0.4, -0.2) is 28.3 Å². The Morgan fingerprint density at radius 3 is 2.89 bits per heavy atom. The summed E-state index contributed by atoms with van der Waals surface area (Å²) in [5.41, 5.74) is 5.52. The summed E-state index contributed by atoms with van der Waals surface area (Å²) in [7, 11) is 0. The Morgan fingerprint density at radius 1 is 1.56 bits per heavy atom. The summed E-state index contributed by atoms with van der Waals surface area (Å²) < 4.78 is 13.7. The van der Waals surface area contributed by atoms with Gasteiger partial charge in [0, 0.05) is 5.56 Å². The van der Waals surface area contributed by atoms with Crippen molar-refractivity contribution in [1.29, 1.82) is 10.7 Å². The topological polar surface area (TPSA) is 110 Å². The molecule has 3 N–H and O–H groups in total. The maximum atomic E-state index is 13.7. The third kappa shape index (κ3) is 1.82. The molecule has 0 unspecified atom stereocenters. The Labute approximate surface area is 102 Å². The Kier molecular flexibility index (Phi) is 2.81. The number of hydrogen-bond donors (Lipinski definition) is 2. The Hall–Kier alpha value is -2.69.